The molecular weight excluding hydrogens is 560 g/mol. The van der Waals surface area contributed by atoms with Gasteiger partial charge in [0.2, 0.25) is 0 Å². The van der Waals surface area contributed by atoms with Crippen molar-refractivity contribution in [2.24, 2.45) is 0 Å². The SMILES string of the molecule is CC(OC(=O)Cc1cc(C(C)(C)C)c(O)c(C(C)(C)C)c1)SCCOC(=O)Cc1cc(C(C)(C)C)c(O)c(C(C)(C)C)c1. The maximum absolute atomic E-state index is 12.8. The van der Waals surface area contributed by atoms with Crippen LogP contribution in [0, 0.1) is 0 Å². The van der Waals surface area contributed by atoms with Crippen molar-refractivity contribution in [3.05, 3.63) is 57.6 Å². The van der Waals surface area contributed by atoms with Gasteiger partial charge in [-0.2, -0.15) is 0 Å². The minimum Gasteiger partial charge on any atom is -0.507 e. The van der Waals surface area contributed by atoms with E-state index in [2.05, 4.69) is 0 Å². The minimum absolute atomic E-state index is 0.103. The molecule has 2 rings (SSSR count). The summed E-state index contributed by atoms with van der Waals surface area (Å²) >= 11 is 1.40. The fourth-order valence-corrected chi connectivity index (χ4v) is 5.58. The van der Waals surface area contributed by atoms with Crippen molar-refractivity contribution in [2.75, 3.05) is 12.4 Å². The molecule has 0 saturated heterocycles. The number of phenols is 2. The minimum atomic E-state index is -0.409. The molecule has 0 bridgehead atoms. The molecule has 43 heavy (non-hydrogen) atoms. The summed E-state index contributed by atoms with van der Waals surface area (Å²) in [5.41, 5.74) is 3.33. The standard InChI is InChI=1S/C36H54O6S/c1-22(42-30(38)21-24-18-27(35(8,9)10)32(40)28(19-24)36(11,12)13)43-15-14-41-29(37)20-23-16-25(33(2,3)4)31(39)26(17-23)34(5,6)7/h16-19,22,39-40H,14-15,20-21H2,1-13H3. The summed E-state index contributed by atoms with van der Waals surface area (Å²) in [6.07, 6.45) is 0.216. The van der Waals surface area contributed by atoms with Gasteiger partial charge in [-0.15, -0.1) is 11.8 Å². The number of phenolic OH excluding ortho intramolecular Hbond substituents is 2. The monoisotopic (exact) mass is 614 g/mol. The number of hydrogen-bond acceptors (Lipinski definition) is 7. The van der Waals surface area contributed by atoms with Crippen molar-refractivity contribution in [3.63, 3.8) is 0 Å². The second kappa shape index (κ2) is 13.5. The molecule has 0 aliphatic carbocycles. The van der Waals surface area contributed by atoms with Gasteiger partial charge < -0.3 is 19.7 Å². The summed E-state index contributed by atoms with van der Waals surface area (Å²) in [7, 11) is 0. The van der Waals surface area contributed by atoms with Gasteiger partial charge in [-0.05, 0) is 62.0 Å². The van der Waals surface area contributed by atoms with Crippen molar-refractivity contribution < 1.29 is 29.3 Å². The molecule has 0 fully saturated rings. The first-order valence-corrected chi connectivity index (χ1v) is 16.2. The van der Waals surface area contributed by atoms with E-state index in [1.807, 2.05) is 107 Å². The highest BCUT2D eigenvalue weighted by Crippen LogP contribution is 2.41. The third kappa shape index (κ3) is 10.5. The number of rotatable bonds is 9. The van der Waals surface area contributed by atoms with Crippen LogP contribution in [0.4, 0.5) is 0 Å². The Bertz CT molecular complexity index is 1230. The Morgan fingerprint density at radius 2 is 0.977 bits per heavy atom. The molecule has 0 heterocycles. The Morgan fingerprint density at radius 1 is 0.651 bits per heavy atom. The highest BCUT2D eigenvalue weighted by atomic mass is 32.2. The quantitative estimate of drug-likeness (QED) is 0.167. The Hall–Kier alpha value is -2.67. The van der Waals surface area contributed by atoms with E-state index in [9.17, 15) is 19.8 Å². The summed E-state index contributed by atoms with van der Waals surface area (Å²) in [5.74, 6) is 0.362. The third-order valence-electron chi connectivity index (χ3n) is 7.26. The lowest BCUT2D eigenvalue weighted by molar-refractivity contribution is -0.144. The molecule has 0 aliphatic heterocycles. The van der Waals surface area contributed by atoms with Gasteiger partial charge in [-0.1, -0.05) is 107 Å². The largest absolute Gasteiger partial charge is 0.507 e. The van der Waals surface area contributed by atoms with Gasteiger partial charge in [0.25, 0.3) is 0 Å². The van der Waals surface area contributed by atoms with Gasteiger partial charge in [-0.25, -0.2) is 0 Å². The Morgan fingerprint density at radius 3 is 1.30 bits per heavy atom. The summed E-state index contributed by atoms with van der Waals surface area (Å²) < 4.78 is 11.1. The van der Waals surface area contributed by atoms with Crippen LogP contribution in [0.2, 0.25) is 0 Å². The molecule has 6 nitrogen and oxygen atoms in total. The fraction of sp³-hybridized carbons (Fsp3) is 0.611. The molecule has 0 amide bonds. The molecule has 0 spiro atoms. The lowest BCUT2D eigenvalue weighted by Crippen LogP contribution is -2.20. The highest BCUT2D eigenvalue weighted by molar-refractivity contribution is 7.99. The van der Waals surface area contributed by atoms with E-state index in [4.69, 9.17) is 9.47 Å². The Labute approximate surface area is 264 Å². The number of esters is 2. The molecule has 7 heteroatoms. The predicted molar refractivity (Wildman–Crippen MR) is 177 cm³/mol. The van der Waals surface area contributed by atoms with Gasteiger partial charge in [0.15, 0.2) is 0 Å². The lowest BCUT2D eigenvalue weighted by atomic mass is 9.78. The molecular formula is C36H54O6S. The van der Waals surface area contributed by atoms with Crippen LogP contribution in [-0.2, 0) is 53.6 Å². The summed E-state index contributed by atoms with van der Waals surface area (Å²) in [5, 5.41) is 21.9. The van der Waals surface area contributed by atoms with E-state index in [1.54, 1.807) is 6.92 Å². The lowest BCUT2D eigenvalue weighted by Gasteiger charge is -2.28. The molecule has 1 atom stereocenters. The molecule has 2 N–H and O–H groups in total. The van der Waals surface area contributed by atoms with Gasteiger partial charge >= 0.3 is 11.9 Å². The first-order chi connectivity index (χ1) is 19.4. The zero-order chi connectivity index (χ0) is 33.1. The van der Waals surface area contributed by atoms with Gasteiger partial charge in [0, 0.05) is 5.75 Å². The summed E-state index contributed by atoms with van der Waals surface area (Å²) in [6, 6.07) is 7.58. The van der Waals surface area contributed by atoms with Crippen LogP contribution in [0.15, 0.2) is 24.3 Å². The summed E-state index contributed by atoms with van der Waals surface area (Å²) in [4.78, 5) is 25.5. The maximum atomic E-state index is 12.8. The van der Waals surface area contributed by atoms with Gasteiger partial charge in [-0.3, -0.25) is 9.59 Å². The normalized spacial score (nSPS) is 13.5. The van der Waals surface area contributed by atoms with Gasteiger partial charge in [0.05, 0.1) is 12.8 Å². The molecule has 0 radical (unpaired) electrons. The number of benzene rings is 2. The molecule has 240 valence electrons. The van der Waals surface area contributed by atoms with Crippen LogP contribution in [0.25, 0.3) is 0 Å². The number of hydrogen-bond donors (Lipinski definition) is 2. The molecule has 1 unspecified atom stereocenters. The van der Waals surface area contributed by atoms with Crippen molar-refractivity contribution >= 4 is 23.7 Å². The molecule has 0 aliphatic rings. The topological polar surface area (TPSA) is 93.1 Å². The van der Waals surface area contributed by atoms with Crippen molar-refractivity contribution in [1.82, 2.24) is 0 Å². The Kier molecular flexibility index (Phi) is 11.5. The summed E-state index contributed by atoms with van der Waals surface area (Å²) in [6.45, 7) is 26.5. The Balaban J connectivity index is 1.96. The van der Waals surface area contributed by atoms with E-state index in [0.717, 1.165) is 33.4 Å². The smallest absolute Gasteiger partial charge is 0.311 e. The molecule has 0 aromatic heterocycles. The van der Waals surface area contributed by atoms with Crippen molar-refractivity contribution in [1.29, 1.82) is 0 Å². The molecule has 2 aromatic carbocycles. The van der Waals surface area contributed by atoms with E-state index in [0.29, 0.717) is 5.75 Å². The average Bonchev–Trinajstić information content (AvgIpc) is 2.80. The highest BCUT2D eigenvalue weighted by Gasteiger charge is 2.28. The van der Waals surface area contributed by atoms with Crippen LogP contribution in [0.1, 0.15) is 123 Å². The number of thioether (sulfide) groups is 1. The first-order valence-electron chi connectivity index (χ1n) is 15.1. The van der Waals surface area contributed by atoms with E-state index >= 15 is 0 Å². The zero-order valence-electron chi connectivity index (χ0n) is 28.7. The van der Waals surface area contributed by atoms with Crippen molar-refractivity contribution in [3.8, 4) is 11.5 Å². The third-order valence-corrected chi connectivity index (χ3v) is 8.23. The maximum Gasteiger partial charge on any atom is 0.311 e. The van der Waals surface area contributed by atoms with Crippen LogP contribution < -0.4 is 0 Å². The second-order valence-corrected chi connectivity index (χ2v) is 17.0. The van der Waals surface area contributed by atoms with E-state index < -0.39 is 5.44 Å². The second-order valence-electron chi connectivity index (χ2n) is 15.6. The number of carbonyl (C=O) groups is 2. The fourth-order valence-electron chi connectivity index (χ4n) is 4.89. The van der Waals surface area contributed by atoms with Crippen molar-refractivity contribution in [2.45, 2.75) is 130 Å². The number of ether oxygens (including phenoxy) is 2. The van der Waals surface area contributed by atoms with Crippen LogP contribution in [-0.4, -0.2) is 39.9 Å². The van der Waals surface area contributed by atoms with E-state index in [-0.39, 0.29) is 64.5 Å². The van der Waals surface area contributed by atoms with E-state index in [1.165, 1.54) is 11.8 Å². The van der Waals surface area contributed by atoms with Crippen LogP contribution in [0.5, 0.6) is 11.5 Å². The van der Waals surface area contributed by atoms with Gasteiger partial charge in [0.1, 0.15) is 23.5 Å². The first kappa shape index (κ1) is 36.5. The number of aromatic hydroxyl groups is 2. The number of carbonyl (C=O) groups excluding carboxylic acids is 2. The zero-order valence-corrected chi connectivity index (χ0v) is 29.5. The van der Waals surface area contributed by atoms with Crippen LogP contribution in [0.3, 0.4) is 0 Å². The average molecular weight is 615 g/mol. The predicted octanol–water partition coefficient (Wildman–Crippen LogP) is 8.24. The molecule has 0 saturated carbocycles. The van der Waals surface area contributed by atoms with Crippen LogP contribution >= 0.6 is 11.8 Å². The molecule has 2 aromatic rings.